The maximum absolute atomic E-state index is 13.0. The fourth-order valence-corrected chi connectivity index (χ4v) is 2.98. The normalized spacial score (nSPS) is 19.4. The third-order valence-electron chi connectivity index (χ3n) is 4.65. The predicted molar refractivity (Wildman–Crippen MR) is 85.8 cm³/mol. The van der Waals surface area contributed by atoms with Gasteiger partial charge in [0, 0.05) is 19.1 Å². The number of hydrogen-bond donors (Lipinski definition) is 2. The molecule has 7 heteroatoms. The van der Waals surface area contributed by atoms with Gasteiger partial charge in [0.2, 0.25) is 0 Å². The van der Waals surface area contributed by atoms with E-state index >= 15 is 0 Å². The molecule has 1 heterocycles. The number of nitrogens with one attached hydrogen (secondary N) is 2. The van der Waals surface area contributed by atoms with Crippen LogP contribution in [0.5, 0.6) is 0 Å². The van der Waals surface area contributed by atoms with E-state index in [-0.39, 0.29) is 5.69 Å². The lowest BCUT2D eigenvalue weighted by molar-refractivity contribution is -0.136. The van der Waals surface area contributed by atoms with Crippen molar-refractivity contribution in [2.75, 3.05) is 25.0 Å². The highest BCUT2D eigenvalue weighted by Crippen LogP contribution is 2.34. The van der Waals surface area contributed by atoms with E-state index in [4.69, 9.17) is 0 Å². The molecule has 4 nitrogen and oxygen atoms in total. The molecule has 1 saturated carbocycles. The van der Waals surface area contributed by atoms with E-state index < -0.39 is 17.8 Å². The summed E-state index contributed by atoms with van der Waals surface area (Å²) in [6.07, 6.45) is -0.217. The Morgan fingerprint density at radius 2 is 1.79 bits per heavy atom. The Kier molecular flexibility index (Phi) is 4.99. The second-order valence-corrected chi connectivity index (χ2v) is 6.59. The van der Waals surface area contributed by atoms with E-state index in [2.05, 4.69) is 10.6 Å². The maximum atomic E-state index is 13.0. The van der Waals surface area contributed by atoms with Gasteiger partial charge in [0.05, 0.1) is 11.3 Å². The van der Waals surface area contributed by atoms with Crippen LogP contribution < -0.4 is 10.6 Å². The standard InChI is InChI=1S/C17H22F3N3O/c18-17(19,20)14-3-1-2-4-15(14)22-16(24)23-9-7-13(8-10-23)21-11-12-5-6-12/h1-4,12-13,21H,5-11H2,(H,22,24). The fraction of sp³-hybridized carbons (Fsp3) is 0.588. The van der Waals surface area contributed by atoms with Gasteiger partial charge in [-0.25, -0.2) is 4.79 Å². The molecule has 3 rings (SSSR count). The summed E-state index contributed by atoms with van der Waals surface area (Å²) in [4.78, 5) is 13.8. The first kappa shape index (κ1) is 17.1. The number of urea groups is 1. The number of carbonyl (C=O) groups is 1. The van der Waals surface area contributed by atoms with Gasteiger partial charge in [-0.15, -0.1) is 0 Å². The molecule has 24 heavy (non-hydrogen) atoms. The lowest BCUT2D eigenvalue weighted by atomic mass is 10.1. The smallest absolute Gasteiger partial charge is 0.324 e. The van der Waals surface area contributed by atoms with Crippen molar-refractivity contribution >= 4 is 11.7 Å². The van der Waals surface area contributed by atoms with Gasteiger partial charge in [0.1, 0.15) is 0 Å². The van der Waals surface area contributed by atoms with Crippen LogP contribution in [0.1, 0.15) is 31.2 Å². The number of alkyl halides is 3. The zero-order chi connectivity index (χ0) is 17.2. The van der Waals surface area contributed by atoms with Crippen LogP contribution in [0.2, 0.25) is 0 Å². The quantitative estimate of drug-likeness (QED) is 0.877. The Balaban J connectivity index is 1.52. The van der Waals surface area contributed by atoms with Crippen LogP contribution in [0.25, 0.3) is 0 Å². The Bertz CT molecular complexity index is 579. The van der Waals surface area contributed by atoms with Crippen molar-refractivity contribution in [2.24, 2.45) is 5.92 Å². The molecule has 2 N–H and O–H groups in total. The SMILES string of the molecule is O=C(Nc1ccccc1C(F)(F)F)N1CCC(NCC2CC2)CC1. The van der Waals surface area contributed by atoms with Crippen molar-refractivity contribution in [3.63, 3.8) is 0 Å². The summed E-state index contributed by atoms with van der Waals surface area (Å²) < 4.78 is 38.9. The van der Waals surface area contributed by atoms with E-state index in [9.17, 15) is 18.0 Å². The number of para-hydroxylation sites is 1. The van der Waals surface area contributed by atoms with Crippen LogP contribution in [0.15, 0.2) is 24.3 Å². The number of nitrogens with zero attached hydrogens (tertiary/aromatic N) is 1. The summed E-state index contributed by atoms with van der Waals surface area (Å²) in [6, 6.07) is 4.99. The number of benzene rings is 1. The molecule has 2 fully saturated rings. The number of amides is 2. The molecule has 1 aromatic rings. The topological polar surface area (TPSA) is 44.4 Å². The fourth-order valence-electron chi connectivity index (χ4n) is 2.98. The van der Waals surface area contributed by atoms with E-state index in [0.29, 0.717) is 19.1 Å². The molecule has 0 spiro atoms. The molecule has 1 aromatic carbocycles. The number of likely N-dealkylation sites (tertiary alicyclic amines) is 1. The highest BCUT2D eigenvalue weighted by Gasteiger charge is 2.34. The largest absolute Gasteiger partial charge is 0.418 e. The zero-order valence-electron chi connectivity index (χ0n) is 13.4. The highest BCUT2D eigenvalue weighted by molar-refractivity contribution is 5.90. The number of piperidine rings is 1. The summed E-state index contributed by atoms with van der Waals surface area (Å²) >= 11 is 0. The van der Waals surface area contributed by atoms with Crippen molar-refractivity contribution in [1.82, 2.24) is 10.2 Å². The molecule has 0 radical (unpaired) electrons. The van der Waals surface area contributed by atoms with E-state index in [1.807, 2.05) is 0 Å². The number of anilines is 1. The molecule has 132 valence electrons. The molecule has 2 aliphatic rings. The monoisotopic (exact) mass is 341 g/mol. The van der Waals surface area contributed by atoms with Crippen LogP contribution in [-0.4, -0.2) is 36.6 Å². The Labute approximate surface area is 139 Å². The maximum Gasteiger partial charge on any atom is 0.418 e. The van der Waals surface area contributed by atoms with Crippen LogP contribution in [0.3, 0.4) is 0 Å². The van der Waals surface area contributed by atoms with Crippen LogP contribution in [-0.2, 0) is 6.18 Å². The van der Waals surface area contributed by atoms with Crippen LogP contribution in [0, 0.1) is 5.92 Å². The molecule has 1 aliphatic heterocycles. The molecule has 0 atom stereocenters. The summed E-state index contributed by atoms with van der Waals surface area (Å²) in [6.45, 7) is 2.15. The first-order valence-corrected chi connectivity index (χ1v) is 8.39. The molecule has 2 amide bonds. The summed E-state index contributed by atoms with van der Waals surface area (Å²) in [5, 5.41) is 5.92. The first-order valence-electron chi connectivity index (χ1n) is 8.39. The average molecular weight is 341 g/mol. The summed E-state index contributed by atoms with van der Waals surface area (Å²) in [7, 11) is 0. The minimum Gasteiger partial charge on any atom is -0.324 e. The van der Waals surface area contributed by atoms with Gasteiger partial charge in [0.15, 0.2) is 0 Å². The number of rotatable bonds is 4. The third kappa shape index (κ3) is 4.41. The van der Waals surface area contributed by atoms with Crippen LogP contribution >= 0.6 is 0 Å². The molecule has 0 bridgehead atoms. The van der Waals surface area contributed by atoms with E-state index in [1.165, 1.54) is 31.0 Å². The number of hydrogen-bond acceptors (Lipinski definition) is 2. The molecule has 0 unspecified atom stereocenters. The van der Waals surface area contributed by atoms with Gasteiger partial charge in [0.25, 0.3) is 0 Å². The van der Waals surface area contributed by atoms with Gasteiger partial charge >= 0.3 is 12.2 Å². The first-order chi connectivity index (χ1) is 11.4. The van der Waals surface area contributed by atoms with Crippen molar-refractivity contribution in [2.45, 2.75) is 37.9 Å². The molecular weight excluding hydrogens is 319 g/mol. The molecule has 1 aliphatic carbocycles. The molecule has 0 aromatic heterocycles. The van der Waals surface area contributed by atoms with Crippen molar-refractivity contribution in [3.8, 4) is 0 Å². The third-order valence-corrected chi connectivity index (χ3v) is 4.65. The minimum atomic E-state index is -4.48. The van der Waals surface area contributed by atoms with Crippen LogP contribution in [0.4, 0.5) is 23.7 Å². The number of carbonyl (C=O) groups excluding carboxylic acids is 1. The number of halogens is 3. The Morgan fingerprint density at radius 1 is 1.12 bits per heavy atom. The van der Waals surface area contributed by atoms with Gasteiger partial charge in [-0.3, -0.25) is 0 Å². The Morgan fingerprint density at radius 3 is 2.42 bits per heavy atom. The second-order valence-electron chi connectivity index (χ2n) is 6.59. The van der Waals surface area contributed by atoms with Gasteiger partial charge in [-0.2, -0.15) is 13.2 Å². The van der Waals surface area contributed by atoms with Crippen molar-refractivity contribution < 1.29 is 18.0 Å². The van der Waals surface area contributed by atoms with E-state index in [1.54, 1.807) is 4.90 Å². The minimum absolute atomic E-state index is 0.191. The zero-order valence-corrected chi connectivity index (χ0v) is 13.4. The van der Waals surface area contributed by atoms with Gasteiger partial charge < -0.3 is 15.5 Å². The second kappa shape index (κ2) is 7.01. The lowest BCUT2D eigenvalue weighted by Gasteiger charge is -2.32. The van der Waals surface area contributed by atoms with Crippen molar-refractivity contribution in [3.05, 3.63) is 29.8 Å². The molecule has 1 saturated heterocycles. The highest BCUT2D eigenvalue weighted by atomic mass is 19.4. The van der Waals surface area contributed by atoms with E-state index in [0.717, 1.165) is 31.4 Å². The lowest BCUT2D eigenvalue weighted by Crippen LogP contribution is -2.46. The van der Waals surface area contributed by atoms with Crippen molar-refractivity contribution in [1.29, 1.82) is 0 Å². The predicted octanol–water partition coefficient (Wildman–Crippen LogP) is 3.70. The Hall–Kier alpha value is -1.76. The summed E-state index contributed by atoms with van der Waals surface area (Å²) in [5.41, 5.74) is -1.01. The summed E-state index contributed by atoms with van der Waals surface area (Å²) in [5.74, 6) is 0.810. The van der Waals surface area contributed by atoms with Gasteiger partial charge in [-0.05, 0) is 50.3 Å². The molecular formula is C17H22F3N3O. The van der Waals surface area contributed by atoms with Gasteiger partial charge in [-0.1, -0.05) is 12.1 Å². The average Bonchev–Trinajstić information content (AvgIpc) is 3.37.